The van der Waals surface area contributed by atoms with Gasteiger partial charge in [0.2, 0.25) is 10.0 Å². The van der Waals surface area contributed by atoms with Gasteiger partial charge < -0.3 is 10.8 Å². The Morgan fingerprint density at radius 2 is 2.19 bits per heavy atom. The van der Waals surface area contributed by atoms with E-state index in [2.05, 4.69) is 14.9 Å². The molecule has 1 atom stereocenters. The average molecular weight is 310 g/mol. The first-order chi connectivity index (χ1) is 9.81. The molecule has 112 valence electrons. The molecule has 8 nitrogen and oxygen atoms in total. The van der Waals surface area contributed by atoms with Crippen LogP contribution in [-0.2, 0) is 10.0 Å². The minimum atomic E-state index is -4.04. The fraction of sp³-hybridized carbons (Fsp3) is 0.167. The summed E-state index contributed by atoms with van der Waals surface area (Å²) >= 11 is 0. The van der Waals surface area contributed by atoms with Crippen molar-refractivity contribution in [3.8, 4) is 0 Å². The van der Waals surface area contributed by atoms with E-state index in [1.165, 1.54) is 12.3 Å². The number of carbonyl (C=O) groups is 1. The molecule has 0 aliphatic heterocycles. The summed E-state index contributed by atoms with van der Waals surface area (Å²) in [5.41, 5.74) is 6.00. The molecule has 21 heavy (non-hydrogen) atoms. The van der Waals surface area contributed by atoms with Crippen molar-refractivity contribution >= 4 is 21.7 Å². The zero-order valence-electron chi connectivity index (χ0n) is 11.1. The molecule has 2 aromatic rings. The van der Waals surface area contributed by atoms with Gasteiger partial charge in [0.25, 0.3) is 0 Å². The molecular weight excluding hydrogens is 296 g/mol. The first kappa shape index (κ1) is 15.0. The van der Waals surface area contributed by atoms with Gasteiger partial charge in [-0.3, -0.25) is 5.10 Å². The van der Waals surface area contributed by atoms with E-state index in [1.807, 2.05) is 0 Å². The van der Waals surface area contributed by atoms with E-state index >= 15 is 0 Å². The molecule has 0 radical (unpaired) electrons. The Morgan fingerprint density at radius 3 is 2.76 bits per heavy atom. The summed E-state index contributed by atoms with van der Waals surface area (Å²) in [5.74, 6) is -1.34. The fourth-order valence-corrected chi connectivity index (χ4v) is 3.26. The Balaban J connectivity index is 2.40. The number of nitrogens with two attached hydrogens (primary N) is 1. The number of H-pyrrole nitrogens is 1. The lowest BCUT2D eigenvalue weighted by Gasteiger charge is -2.14. The molecule has 2 rings (SSSR count). The Hall–Kier alpha value is -2.39. The Labute approximate surface area is 121 Å². The number of hydrogen-bond acceptors (Lipinski definition) is 5. The molecular formula is C12H14N4O4S. The first-order valence-corrected chi connectivity index (χ1v) is 7.43. The van der Waals surface area contributed by atoms with Gasteiger partial charge in [-0.25, -0.2) is 17.9 Å². The number of aromatic nitrogens is 2. The molecule has 0 saturated carbocycles. The highest BCUT2D eigenvalue weighted by Gasteiger charge is 2.25. The van der Waals surface area contributed by atoms with Gasteiger partial charge in [0.1, 0.15) is 0 Å². The van der Waals surface area contributed by atoms with Crippen molar-refractivity contribution in [1.29, 1.82) is 0 Å². The second kappa shape index (κ2) is 5.54. The predicted molar refractivity (Wildman–Crippen MR) is 75.1 cm³/mol. The summed E-state index contributed by atoms with van der Waals surface area (Å²) in [4.78, 5) is 10.8. The van der Waals surface area contributed by atoms with Gasteiger partial charge in [-0.05, 0) is 25.1 Å². The molecule has 1 unspecified atom stereocenters. The second-order valence-corrected chi connectivity index (χ2v) is 6.12. The third-order valence-corrected chi connectivity index (χ3v) is 4.46. The first-order valence-electron chi connectivity index (χ1n) is 5.95. The van der Waals surface area contributed by atoms with Gasteiger partial charge in [0.15, 0.2) is 0 Å². The van der Waals surface area contributed by atoms with Crippen LogP contribution in [0.2, 0.25) is 0 Å². The number of carboxylic acids is 1. The molecule has 0 saturated heterocycles. The van der Waals surface area contributed by atoms with Crippen molar-refractivity contribution in [2.45, 2.75) is 17.9 Å². The number of anilines is 1. The summed E-state index contributed by atoms with van der Waals surface area (Å²) in [6.07, 6.45) is 3.02. The summed E-state index contributed by atoms with van der Waals surface area (Å²) < 4.78 is 27.1. The van der Waals surface area contributed by atoms with E-state index in [9.17, 15) is 13.2 Å². The van der Waals surface area contributed by atoms with E-state index in [1.54, 1.807) is 13.1 Å². The number of nitrogens with zero attached hydrogens (tertiary/aromatic N) is 1. The smallest absolute Gasteiger partial charge is 0.337 e. The molecule has 0 aliphatic rings. The number of carboxylic acid groups (broad SMARTS) is 1. The van der Waals surface area contributed by atoms with Gasteiger partial charge in [-0.15, -0.1) is 0 Å². The van der Waals surface area contributed by atoms with Crippen LogP contribution in [0.3, 0.4) is 0 Å². The molecule has 0 spiro atoms. The zero-order valence-corrected chi connectivity index (χ0v) is 11.9. The summed E-state index contributed by atoms with van der Waals surface area (Å²) in [5, 5.41) is 15.4. The quantitative estimate of drug-likeness (QED) is 0.600. The molecule has 0 bridgehead atoms. The molecule has 5 N–H and O–H groups in total. The van der Waals surface area contributed by atoms with E-state index in [-0.39, 0.29) is 16.1 Å². The van der Waals surface area contributed by atoms with Gasteiger partial charge >= 0.3 is 5.97 Å². The van der Waals surface area contributed by atoms with Crippen molar-refractivity contribution in [2.24, 2.45) is 0 Å². The Kier molecular flexibility index (Phi) is 3.96. The molecule has 0 fully saturated rings. The number of benzene rings is 1. The summed E-state index contributed by atoms with van der Waals surface area (Å²) in [7, 11) is -4.04. The Bertz CT molecular complexity index is 756. The average Bonchev–Trinajstić information content (AvgIpc) is 2.91. The lowest BCUT2D eigenvalue weighted by atomic mass is 10.2. The number of aromatic amines is 1. The summed E-state index contributed by atoms with van der Waals surface area (Å²) in [6, 6.07) is 3.04. The van der Waals surface area contributed by atoms with E-state index in [4.69, 9.17) is 10.8 Å². The minimum Gasteiger partial charge on any atom is -0.478 e. The van der Waals surface area contributed by atoms with Crippen molar-refractivity contribution in [1.82, 2.24) is 14.9 Å². The van der Waals surface area contributed by atoms with Crippen molar-refractivity contribution in [2.75, 3.05) is 5.73 Å². The second-order valence-electron chi connectivity index (χ2n) is 4.44. The number of nitrogen functional groups attached to an aromatic ring is 1. The van der Waals surface area contributed by atoms with Crippen LogP contribution in [0.25, 0.3) is 0 Å². The minimum absolute atomic E-state index is 0.163. The normalized spacial score (nSPS) is 13.0. The Morgan fingerprint density at radius 1 is 1.48 bits per heavy atom. The van der Waals surface area contributed by atoms with Crippen LogP contribution in [0, 0.1) is 0 Å². The maximum Gasteiger partial charge on any atom is 0.337 e. The van der Waals surface area contributed by atoms with Crippen LogP contribution in [0.4, 0.5) is 5.69 Å². The van der Waals surface area contributed by atoms with Crippen LogP contribution in [-0.4, -0.2) is 29.7 Å². The number of hydrogen-bond donors (Lipinski definition) is 4. The lowest BCUT2D eigenvalue weighted by molar-refractivity contribution is 0.0692. The SMILES string of the molecule is CC(NS(=O)(=O)c1cc(N)ccc1C(=O)O)c1cn[nH]c1. The maximum atomic E-state index is 12.4. The van der Waals surface area contributed by atoms with Crippen LogP contribution >= 0.6 is 0 Å². The van der Waals surface area contributed by atoms with Gasteiger partial charge in [0, 0.05) is 23.5 Å². The topological polar surface area (TPSA) is 138 Å². The third kappa shape index (κ3) is 3.20. The van der Waals surface area contributed by atoms with E-state index in [0.29, 0.717) is 5.56 Å². The summed E-state index contributed by atoms with van der Waals surface area (Å²) in [6.45, 7) is 1.62. The molecule has 0 aliphatic carbocycles. The van der Waals surface area contributed by atoms with Crippen molar-refractivity contribution in [3.63, 3.8) is 0 Å². The van der Waals surface area contributed by atoms with E-state index < -0.39 is 22.0 Å². The molecule has 1 heterocycles. The van der Waals surface area contributed by atoms with Crippen LogP contribution in [0.1, 0.15) is 28.9 Å². The standard InChI is InChI=1S/C12H14N4O4S/c1-7(8-5-14-15-6-8)16-21(19,20)11-4-9(13)2-3-10(11)12(17)18/h2-7,16H,13H2,1H3,(H,14,15)(H,17,18). The van der Waals surface area contributed by atoms with Gasteiger partial charge in [-0.1, -0.05) is 0 Å². The van der Waals surface area contributed by atoms with Crippen LogP contribution in [0.5, 0.6) is 0 Å². The number of rotatable bonds is 5. The van der Waals surface area contributed by atoms with Crippen molar-refractivity contribution < 1.29 is 18.3 Å². The monoisotopic (exact) mass is 310 g/mol. The van der Waals surface area contributed by atoms with Crippen LogP contribution in [0.15, 0.2) is 35.5 Å². The highest BCUT2D eigenvalue weighted by Crippen LogP contribution is 2.21. The molecule has 9 heteroatoms. The third-order valence-electron chi connectivity index (χ3n) is 2.88. The molecule has 1 aromatic carbocycles. The number of nitrogens with one attached hydrogen (secondary N) is 2. The molecule has 0 amide bonds. The van der Waals surface area contributed by atoms with Gasteiger partial charge in [0.05, 0.1) is 16.7 Å². The number of sulfonamides is 1. The van der Waals surface area contributed by atoms with E-state index in [0.717, 1.165) is 12.1 Å². The lowest BCUT2D eigenvalue weighted by Crippen LogP contribution is -2.28. The highest BCUT2D eigenvalue weighted by molar-refractivity contribution is 7.89. The maximum absolute atomic E-state index is 12.4. The number of aromatic carboxylic acids is 1. The zero-order chi connectivity index (χ0) is 15.6. The van der Waals surface area contributed by atoms with Crippen molar-refractivity contribution in [3.05, 3.63) is 41.7 Å². The highest BCUT2D eigenvalue weighted by atomic mass is 32.2. The van der Waals surface area contributed by atoms with Gasteiger partial charge in [-0.2, -0.15) is 5.10 Å². The predicted octanol–water partition coefficient (Wildman–Crippen LogP) is 0.730. The largest absolute Gasteiger partial charge is 0.478 e. The van der Waals surface area contributed by atoms with Crippen LogP contribution < -0.4 is 10.5 Å². The fourth-order valence-electron chi connectivity index (χ4n) is 1.80. The molecule has 1 aromatic heterocycles.